The number of para-hydroxylation sites is 1. The van der Waals surface area contributed by atoms with E-state index < -0.39 is 23.7 Å². The number of benzene rings is 2. The van der Waals surface area contributed by atoms with E-state index in [1.165, 1.54) is 31.2 Å². The van der Waals surface area contributed by atoms with E-state index in [-0.39, 0.29) is 5.69 Å². The van der Waals surface area contributed by atoms with E-state index in [0.29, 0.717) is 22.3 Å². The first-order valence-electron chi connectivity index (χ1n) is 8.07. The van der Waals surface area contributed by atoms with Crippen molar-refractivity contribution in [1.29, 1.82) is 0 Å². The Kier molecular flexibility index (Phi) is 5.75. The molecule has 0 saturated heterocycles. The first kappa shape index (κ1) is 18.9. The normalized spacial score (nSPS) is 12.1. The first-order valence-corrected chi connectivity index (χ1v) is 8.95. The average molecular weight is 390 g/mol. The monoisotopic (exact) mass is 390 g/mol. The van der Waals surface area contributed by atoms with Gasteiger partial charge in [-0.25, -0.2) is 4.79 Å². The molecule has 0 aliphatic heterocycles. The van der Waals surface area contributed by atoms with E-state index in [9.17, 15) is 18.4 Å². The Hall–Kier alpha value is -2.87. The molecule has 0 unspecified atom stereocenters. The summed E-state index contributed by atoms with van der Waals surface area (Å²) in [5, 5.41) is 3.45. The van der Waals surface area contributed by atoms with Gasteiger partial charge in [-0.2, -0.15) is 8.78 Å². The lowest BCUT2D eigenvalue weighted by Gasteiger charge is -2.13. The quantitative estimate of drug-likeness (QED) is 0.474. The van der Waals surface area contributed by atoms with Gasteiger partial charge in [-0.3, -0.25) is 4.79 Å². The number of H-pyrrole nitrogens is 1. The van der Waals surface area contributed by atoms with Gasteiger partial charge in [0, 0.05) is 21.5 Å². The van der Waals surface area contributed by atoms with Crippen molar-refractivity contribution >= 4 is 40.2 Å². The second-order valence-corrected chi connectivity index (χ2v) is 6.77. The Morgan fingerprint density at radius 1 is 1.11 bits per heavy atom. The van der Waals surface area contributed by atoms with Gasteiger partial charge in [0.2, 0.25) is 0 Å². The molecule has 0 fully saturated rings. The number of nitrogens with one attached hydrogen (secondary N) is 2. The van der Waals surface area contributed by atoms with Crippen molar-refractivity contribution < 1.29 is 23.1 Å². The standard InChI is InChI=1S/C19H16F2N2O3S/c1-11(17(24)22-13-6-8-14(9-7-13)27-19(20)21)26-18(25)16-10-12-4-2-3-5-15(12)23-16/h2-11,19,23H,1H3,(H,22,24)/t11-/m0/s1. The number of hydrogen-bond donors (Lipinski definition) is 2. The summed E-state index contributed by atoms with van der Waals surface area (Å²) in [5.41, 5.74) is 1.47. The number of hydrogen-bond acceptors (Lipinski definition) is 4. The smallest absolute Gasteiger partial charge is 0.355 e. The molecular weight excluding hydrogens is 374 g/mol. The third-order valence-corrected chi connectivity index (χ3v) is 4.47. The van der Waals surface area contributed by atoms with Crippen LogP contribution in [0.25, 0.3) is 10.9 Å². The van der Waals surface area contributed by atoms with E-state index in [2.05, 4.69) is 10.3 Å². The molecule has 1 aromatic heterocycles. The van der Waals surface area contributed by atoms with Crippen molar-refractivity contribution in [3.63, 3.8) is 0 Å². The van der Waals surface area contributed by atoms with E-state index in [4.69, 9.17) is 4.74 Å². The number of esters is 1. The maximum absolute atomic E-state index is 12.3. The highest BCUT2D eigenvalue weighted by Crippen LogP contribution is 2.26. The predicted octanol–water partition coefficient (Wildman–Crippen LogP) is 4.67. The molecule has 2 aromatic carbocycles. The van der Waals surface area contributed by atoms with Crippen LogP contribution in [0.1, 0.15) is 17.4 Å². The van der Waals surface area contributed by atoms with Crippen LogP contribution < -0.4 is 5.32 Å². The van der Waals surface area contributed by atoms with E-state index in [0.717, 1.165) is 10.9 Å². The molecule has 3 aromatic rings. The third-order valence-electron chi connectivity index (χ3n) is 3.75. The minimum atomic E-state index is -2.51. The number of amides is 1. The fraction of sp³-hybridized carbons (Fsp3) is 0.158. The summed E-state index contributed by atoms with van der Waals surface area (Å²) in [6, 6.07) is 15.0. The van der Waals surface area contributed by atoms with Gasteiger partial charge in [-0.05, 0) is 43.3 Å². The zero-order chi connectivity index (χ0) is 19.4. The topological polar surface area (TPSA) is 71.2 Å². The Balaban J connectivity index is 1.59. The van der Waals surface area contributed by atoms with Crippen molar-refractivity contribution in [2.45, 2.75) is 23.7 Å². The van der Waals surface area contributed by atoms with Crippen LogP contribution in [-0.2, 0) is 9.53 Å². The van der Waals surface area contributed by atoms with Gasteiger partial charge in [-0.1, -0.05) is 30.0 Å². The SMILES string of the molecule is C[C@H](OC(=O)c1cc2ccccc2[nH]1)C(=O)Nc1ccc(SC(F)F)cc1. The van der Waals surface area contributed by atoms with E-state index in [1.807, 2.05) is 24.3 Å². The lowest BCUT2D eigenvalue weighted by atomic mass is 10.2. The highest BCUT2D eigenvalue weighted by Gasteiger charge is 2.20. The second kappa shape index (κ2) is 8.22. The second-order valence-electron chi connectivity index (χ2n) is 5.71. The van der Waals surface area contributed by atoms with Crippen LogP contribution in [0.2, 0.25) is 0 Å². The molecule has 0 radical (unpaired) electrons. The summed E-state index contributed by atoms with van der Waals surface area (Å²) < 4.78 is 29.8. The van der Waals surface area contributed by atoms with Crippen LogP contribution in [0, 0.1) is 0 Å². The number of rotatable bonds is 6. The molecule has 0 saturated carbocycles. The molecule has 0 aliphatic carbocycles. The van der Waals surface area contributed by atoms with Gasteiger partial charge >= 0.3 is 5.97 Å². The summed E-state index contributed by atoms with van der Waals surface area (Å²) in [6.07, 6.45) is -1.03. The van der Waals surface area contributed by atoms with Crippen molar-refractivity contribution in [2.75, 3.05) is 5.32 Å². The highest BCUT2D eigenvalue weighted by atomic mass is 32.2. The van der Waals surface area contributed by atoms with Gasteiger partial charge in [0.1, 0.15) is 5.69 Å². The Morgan fingerprint density at radius 2 is 1.81 bits per heavy atom. The van der Waals surface area contributed by atoms with Crippen molar-refractivity contribution in [3.8, 4) is 0 Å². The zero-order valence-electron chi connectivity index (χ0n) is 14.2. The average Bonchev–Trinajstić information content (AvgIpc) is 3.07. The van der Waals surface area contributed by atoms with Crippen molar-refractivity contribution in [1.82, 2.24) is 4.98 Å². The van der Waals surface area contributed by atoms with Gasteiger partial charge < -0.3 is 15.0 Å². The van der Waals surface area contributed by atoms with E-state index >= 15 is 0 Å². The predicted molar refractivity (Wildman–Crippen MR) is 100 cm³/mol. The molecule has 0 spiro atoms. The molecule has 5 nitrogen and oxygen atoms in total. The Bertz CT molecular complexity index is 924. The largest absolute Gasteiger partial charge is 0.448 e. The van der Waals surface area contributed by atoms with Crippen LogP contribution in [0.4, 0.5) is 14.5 Å². The molecule has 1 heterocycles. The van der Waals surface area contributed by atoms with Crippen LogP contribution in [0.15, 0.2) is 59.5 Å². The molecule has 3 rings (SSSR count). The van der Waals surface area contributed by atoms with Crippen LogP contribution in [-0.4, -0.2) is 28.7 Å². The third kappa shape index (κ3) is 4.85. The van der Waals surface area contributed by atoms with Crippen molar-refractivity contribution in [2.24, 2.45) is 0 Å². The van der Waals surface area contributed by atoms with Crippen LogP contribution in [0.5, 0.6) is 0 Å². The van der Waals surface area contributed by atoms with Gasteiger partial charge in [0.05, 0.1) is 0 Å². The molecule has 27 heavy (non-hydrogen) atoms. The molecular formula is C19H16F2N2O3S. The molecule has 2 N–H and O–H groups in total. The van der Waals surface area contributed by atoms with Gasteiger partial charge in [0.15, 0.2) is 6.10 Å². The maximum atomic E-state index is 12.3. The number of carbonyl (C=O) groups excluding carboxylic acids is 2. The van der Waals surface area contributed by atoms with Crippen LogP contribution >= 0.6 is 11.8 Å². The zero-order valence-corrected chi connectivity index (χ0v) is 15.1. The van der Waals surface area contributed by atoms with Gasteiger partial charge in [0.25, 0.3) is 11.7 Å². The maximum Gasteiger partial charge on any atom is 0.355 e. The first-order chi connectivity index (χ1) is 12.9. The number of thioether (sulfide) groups is 1. The molecule has 1 atom stereocenters. The summed E-state index contributed by atoms with van der Waals surface area (Å²) in [6.45, 7) is 1.46. The molecule has 0 aliphatic rings. The van der Waals surface area contributed by atoms with Crippen molar-refractivity contribution in [3.05, 3.63) is 60.3 Å². The number of alkyl halides is 2. The fourth-order valence-electron chi connectivity index (χ4n) is 2.42. The lowest BCUT2D eigenvalue weighted by molar-refractivity contribution is -0.123. The summed E-state index contributed by atoms with van der Waals surface area (Å²) in [5.74, 6) is -3.67. The van der Waals surface area contributed by atoms with Gasteiger partial charge in [-0.15, -0.1) is 0 Å². The minimum Gasteiger partial charge on any atom is -0.448 e. The number of anilines is 1. The minimum absolute atomic E-state index is 0.254. The van der Waals surface area contributed by atoms with Crippen LogP contribution in [0.3, 0.4) is 0 Å². The molecule has 1 amide bonds. The number of aromatic nitrogens is 1. The number of aromatic amines is 1. The molecule has 8 heteroatoms. The number of ether oxygens (including phenoxy) is 1. The van der Waals surface area contributed by atoms with E-state index in [1.54, 1.807) is 6.07 Å². The molecule has 140 valence electrons. The fourth-order valence-corrected chi connectivity index (χ4v) is 2.92. The summed E-state index contributed by atoms with van der Waals surface area (Å²) >= 11 is 0.421. The summed E-state index contributed by atoms with van der Waals surface area (Å²) in [4.78, 5) is 27.7. The number of halogens is 2. The Morgan fingerprint density at radius 3 is 2.48 bits per heavy atom. The number of carbonyl (C=O) groups is 2. The summed E-state index contributed by atoms with van der Waals surface area (Å²) in [7, 11) is 0. The number of fused-ring (bicyclic) bond motifs is 1. The Labute approximate surface area is 158 Å². The lowest BCUT2D eigenvalue weighted by Crippen LogP contribution is -2.30. The highest BCUT2D eigenvalue weighted by molar-refractivity contribution is 7.99. The molecule has 0 bridgehead atoms.